The molecule has 0 aliphatic rings. The van der Waals surface area contributed by atoms with Gasteiger partial charge in [-0.1, -0.05) is 49.0 Å². The van der Waals surface area contributed by atoms with E-state index < -0.39 is 0 Å². The molecule has 0 heterocycles. The number of hydrogen-bond acceptors (Lipinski definition) is 2. The minimum atomic E-state index is -0.246. The minimum absolute atomic E-state index is 0.246. The number of nitrogens with one attached hydrogen (secondary N) is 2. The van der Waals surface area contributed by atoms with E-state index in [1.165, 1.54) is 5.56 Å². The molecule has 0 aliphatic carbocycles. The van der Waals surface area contributed by atoms with Crippen LogP contribution in [0.3, 0.4) is 0 Å². The first-order chi connectivity index (χ1) is 6.93. The highest BCUT2D eigenvalue weighted by atomic mass is 28.2. The predicted molar refractivity (Wildman–Crippen MR) is 65.7 cm³/mol. The Morgan fingerprint density at radius 2 is 2.07 bits per heavy atom. The quantitative estimate of drug-likeness (QED) is 0.410. The van der Waals surface area contributed by atoms with Crippen molar-refractivity contribution < 1.29 is 0 Å². The molecule has 1 aromatic rings. The molecule has 14 heavy (non-hydrogen) atoms. The van der Waals surface area contributed by atoms with Crippen molar-refractivity contribution in [1.82, 2.24) is 10.3 Å². The molecule has 0 saturated carbocycles. The van der Waals surface area contributed by atoms with Gasteiger partial charge >= 0.3 is 0 Å². The van der Waals surface area contributed by atoms with Crippen molar-refractivity contribution in [2.24, 2.45) is 0 Å². The van der Waals surface area contributed by atoms with Crippen LogP contribution in [0.15, 0.2) is 36.0 Å². The Bertz CT molecular complexity index is 259. The van der Waals surface area contributed by atoms with Gasteiger partial charge in [-0.3, -0.25) is 0 Å². The molecule has 0 bridgehead atoms. The van der Waals surface area contributed by atoms with Crippen molar-refractivity contribution in [3.63, 3.8) is 0 Å². The Morgan fingerprint density at radius 1 is 1.29 bits per heavy atom. The average Bonchev–Trinajstić information content (AvgIpc) is 2.25. The third-order valence-corrected chi connectivity index (χ3v) is 2.88. The van der Waals surface area contributed by atoms with E-state index in [1.807, 2.05) is 6.07 Å². The number of hydrogen-bond donors (Lipinski definition) is 2. The molecule has 0 unspecified atom stereocenters. The van der Waals surface area contributed by atoms with E-state index in [0.717, 1.165) is 13.2 Å². The van der Waals surface area contributed by atoms with Crippen LogP contribution in [0.1, 0.15) is 12.5 Å². The molecule has 76 valence electrons. The van der Waals surface area contributed by atoms with E-state index in [0.29, 0.717) is 0 Å². The first-order valence-corrected chi connectivity index (χ1v) is 6.59. The summed E-state index contributed by atoms with van der Waals surface area (Å²) in [5.41, 5.74) is 3.55. The SMILES string of the molecule is CCNCN[SiH2]C=Cc1ccccc1. The highest BCUT2D eigenvalue weighted by Crippen LogP contribution is 1.99. The molecule has 0 atom stereocenters. The lowest BCUT2D eigenvalue weighted by atomic mass is 10.2. The Morgan fingerprint density at radius 3 is 2.79 bits per heavy atom. The Hall–Kier alpha value is -0.903. The van der Waals surface area contributed by atoms with Gasteiger partial charge in [0.05, 0.1) is 0 Å². The Kier molecular flexibility index (Phi) is 5.98. The predicted octanol–water partition coefficient (Wildman–Crippen LogP) is 0.898. The molecular weight excluding hydrogens is 188 g/mol. The van der Waals surface area contributed by atoms with Gasteiger partial charge in [0.25, 0.3) is 0 Å². The molecule has 3 heteroatoms. The molecule has 0 spiro atoms. The van der Waals surface area contributed by atoms with Gasteiger partial charge in [-0.2, -0.15) is 0 Å². The maximum absolute atomic E-state index is 3.40. The molecule has 0 radical (unpaired) electrons. The van der Waals surface area contributed by atoms with Gasteiger partial charge in [0.15, 0.2) is 0 Å². The van der Waals surface area contributed by atoms with Crippen LogP contribution >= 0.6 is 0 Å². The summed E-state index contributed by atoms with van der Waals surface area (Å²) in [4.78, 5) is 3.40. The van der Waals surface area contributed by atoms with Crippen LogP contribution in [0.2, 0.25) is 0 Å². The fraction of sp³-hybridized carbons (Fsp3) is 0.273. The Balaban J connectivity index is 2.15. The van der Waals surface area contributed by atoms with Gasteiger partial charge in [-0.15, -0.1) is 0 Å². The summed E-state index contributed by atoms with van der Waals surface area (Å²) in [5, 5.41) is 3.24. The smallest absolute Gasteiger partial charge is 0.117 e. The van der Waals surface area contributed by atoms with Gasteiger partial charge in [-0.05, 0) is 12.1 Å². The molecule has 2 nitrogen and oxygen atoms in total. The molecule has 1 aromatic carbocycles. The van der Waals surface area contributed by atoms with Crippen molar-refractivity contribution in [1.29, 1.82) is 0 Å². The zero-order chi connectivity index (χ0) is 10.1. The first-order valence-electron chi connectivity index (χ1n) is 5.06. The molecule has 0 fully saturated rings. The van der Waals surface area contributed by atoms with Gasteiger partial charge in [0.2, 0.25) is 0 Å². The second kappa shape index (κ2) is 7.50. The standard InChI is InChI=1S/C11H18N2Si/c1-2-12-10-13-14-9-8-11-6-4-3-5-7-11/h3-9,12-13H,2,10,14H2,1H3. The third-order valence-electron chi connectivity index (χ3n) is 1.87. The molecule has 2 N–H and O–H groups in total. The molecular formula is C11H18N2Si. The third kappa shape index (κ3) is 4.96. The lowest BCUT2D eigenvalue weighted by Gasteiger charge is -2.00. The van der Waals surface area contributed by atoms with E-state index in [9.17, 15) is 0 Å². The first kappa shape index (κ1) is 11.2. The summed E-state index contributed by atoms with van der Waals surface area (Å²) in [5.74, 6) is 0. The van der Waals surface area contributed by atoms with E-state index in [4.69, 9.17) is 0 Å². The molecule has 0 amide bonds. The van der Waals surface area contributed by atoms with Crippen LogP contribution in [-0.4, -0.2) is 22.9 Å². The summed E-state index contributed by atoms with van der Waals surface area (Å²) >= 11 is 0. The summed E-state index contributed by atoms with van der Waals surface area (Å²) in [6.07, 6.45) is 2.19. The Labute approximate surface area is 88.3 Å². The second-order valence-corrected chi connectivity index (χ2v) is 4.43. The van der Waals surface area contributed by atoms with E-state index in [1.54, 1.807) is 0 Å². The van der Waals surface area contributed by atoms with Gasteiger partial charge in [0.1, 0.15) is 9.68 Å². The van der Waals surface area contributed by atoms with Crippen molar-refractivity contribution in [2.45, 2.75) is 6.92 Å². The second-order valence-electron chi connectivity index (χ2n) is 3.05. The van der Waals surface area contributed by atoms with E-state index in [-0.39, 0.29) is 9.68 Å². The summed E-state index contributed by atoms with van der Waals surface area (Å²) in [7, 11) is -0.246. The van der Waals surface area contributed by atoms with Gasteiger partial charge < -0.3 is 10.3 Å². The molecule has 0 saturated heterocycles. The summed E-state index contributed by atoms with van der Waals surface area (Å²) in [6, 6.07) is 10.4. The van der Waals surface area contributed by atoms with Gasteiger partial charge in [0, 0.05) is 6.67 Å². The van der Waals surface area contributed by atoms with Crippen LogP contribution in [-0.2, 0) is 0 Å². The molecule has 0 aromatic heterocycles. The van der Waals surface area contributed by atoms with Crippen LogP contribution in [0, 0.1) is 0 Å². The van der Waals surface area contributed by atoms with Crippen LogP contribution < -0.4 is 10.3 Å². The number of benzene rings is 1. The fourth-order valence-corrected chi connectivity index (χ4v) is 2.01. The fourth-order valence-electron chi connectivity index (χ4n) is 1.13. The normalized spacial score (nSPS) is 11.8. The van der Waals surface area contributed by atoms with Crippen molar-refractivity contribution in [3.8, 4) is 0 Å². The monoisotopic (exact) mass is 206 g/mol. The summed E-state index contributed by atoms with van der Waals surface area (Å²) < 4.78 is 0. The average molecular weight is 206 g/mol. The van der Waals surface area contributed by atoms with Gasteiger partial charge in [-0.25, -0.2) is 0 Å². The van der Waals surface area contributed by atoms with Crippen LogP contribution in [0.4, 0.5) is 0 Å². The zero-order valence-corrected chi connectivity index (χ0v) is 10.1. The highest BCUT2D eigenvalue weighted by Gasteiger charge is 1.83. The largest absolute Gasteiger partial charge is 0.327 e. The number of rotatable bonds is 6. The highest BCUT2D eigenvalue weighted by molar-refractivity contribution is 6.40. The lowest BCUT2D eigenvalue weighted by molar-refractivity contribution is 0.705. The topological polar surface area (TPSA) is 24.1 Å². The zero-order valence-electron chi connectivity index (χ0n) is 8.66. The lowest BCUT2D eigenvalue weighted by Crippen LogP contribution is -2.30. The minimum Gasteiger partial charge on any atom is -0.327 e. The maximum Gasteiger partial charge on any atom is 0.117 e. The molecule has 1 rings (SSSR count). The van der Waals surface area contributed by atoms with E-state index >= 15 is 0 Å². The van der Waals surface area contributed by atoms with Crippen molar-refractivity contribution in [2.75, 3.05) is 13.2 Å². The summed E-state index contributed by atoms with van der Waals surface area (Å²) in [6.45, 7) is 4.08. The van der Waals surface area contributed by atoms with Crippen molar-refractivity contribution >= 4 is 15.8 Å². The maximum atomic E-state index is 3.40. The molecule has 0 aliphatic heterocycles. The van der Waals surface area contributed by atoms with Crippen molar-refractivity contribution in [3.05, 3.63) is 41.6 Å². The van der Waals surface area contributed by atoms with Crippen LogP contribution in [0.25, 0.3) is 6.08 Å². The van der Waals surface area contributed by atoms with E-state index in [2.05, 4.69) is 53.3 Å². The van der Waals surface area contributed by atoms with Crippen LogP contribution in [0.5, 0.6) is 0 Å².